The van der Waals surface area contributed by atoms with E-state index in [1.54, 1.807) is 48.5 Å². The Labute approximate surface area is 216 Å². The maximum atomic E-state index is 12.8. The summed E-state index contributed by atoms with van der Waals surface area (Å²) in [6, 6.07) is 19.1. The molecule has 0 saturated carbocycles. The number of carboxylic acids is 1. The van der Waals surface area contributed by atoms with E-state index < -0.39 is 17.8 Å². The number of amides is 2. The predicted octanol–water partition coefficient (Wildman–Crippen LogP) is 4.63. The Morgan fingerprint density at radius 1 is 1.00 bits per heavy atom. The van der Waals surface area contributed by atoms with Crippen molar-refractivity contribution in [3.05, 3.63) is 96.1 Å². The quantitative estimate of drug-likeness (QED) is 0.228. The summed E-state index contributed by atoms with van der Waals surface area (Å²) < 4.78 is 7.54. The summed E-state index contributed by atoms with van der Waals surface area (Å²) in [5, 5.41) is 10.4. The van der Waals surface area contributed by atoms with E-state index in [2.05, 4.69) is 50.6 Å². The van der Waals surface area contributed by atoms with Gasteiger partial charge in [0.2, 0.25) is 0 Å². The zero-order valence-corrected chi connectivity index (χ0v) is 21.2. The summed E-state index contributed by atoms with van der Waals surface area (Å²) >= 11 is 4.27. The molecule has 0 bridgehead atoms. The van der Waals surface area contributed by atoms with Crippen molar-refractivity contribution < 1.29 is 24.2 Å². The summed E-state index contributed by atoms with van der Waals surface area (Å²) in [4.78, 5) is 36.4. The van der Waals surface area contributed by atoms with E-state index in [1.165, 1.54) is 11.1 Å². The number of ether oxygens (including phenoxy) is 1. The van der Waals surface area contributed by atoms with Crippen LogP contribution in [0.4, 0.5) is 5.69 Å². The monoisotopic (exact) mass is 666 g/mol. The first-order valence-corrected chi connectivity index (χ1v) is 11.9. The number of carbonyl (C=O) groups is 3. The molecule has 166 valence electrons. The second-order valence-electron chi connectivity index (χ2n) is 7.08. The lowest BCUT2D eigenvalue weighted by atomic mass is 10.1. The van der Waals surface area contributed by atoms with Gasteiger partial charge in [0, 0.05) is 0 Å². The Hall–Kier alpha value is -2.93. The van der Waals surface area contributed by atoms with Crippen LogP contribution in [-0.2, 0) is 16.2 Å². The summed E-state index contributed by atoms with van der Waals surface area (Å²) in [5.41, 5.74) is 4.85. The normalized spacial score (nSPS) is 14.5. The fraction of sp³-hybridized carbons (Fsp3) is 0.0417. The molecule has 3 aromatic carbocycles. The van der Waals surface area contributed by atoms with Crippen LogP contribution in [0.5, 0.6) is 5.75 Å². The number of hydrogen-bond donors (Lipinski definition) is 2. The minimum Gasteiger partial charge on any atom is -0.487 e. The van der Waals surface area contributed by atoms with Crippen molar-refractivity contribution in [2.75, 3.05) is 5.01 Å². The lowest BCUT2D eigenvalue weighted by Crippen LogP contribution is -2.35. The van der Waals surface area contributed by atoms with Gasteiger partial charge >= 0.3 is 5.97 Å². The highest BCUT2D eigenvalue weighted by molar-refractivity contribution is 14.1. The Morgan fingerprint density at radius 2 is 1.70 bits per heavy atom. The van der Waals surface area contributed by atoms with Gasteiger partial charge in [0.15, 0.2) is 0 Å². The second-order valence-corrected chi connectivity index (χ2v) is 9.41. The van der Waals surface area contributed by atoms with Crippen LogP contribution in [0.15, 0.2) is 72.3 Å². The van der Waals surface area contributed by atoms with Gasteiger partial charge in [-0.05, 0) is 98.8 Å². The van der Waals surface area contributed by atoms with E-state index in [0.29, 0.717) is 17.0 Å². The van der Waals surface area contributed by atoms with E-state index in [-0.39, 0.29) is 17.7 Å². The molecule has 0 aliphatic carbocycles. The van der Waals surface area contributed by atoms with E-state index in [9.17, 15) is 14.4 Å². The number of nitrogens with one attached hydrogen (secondary N) is 1. The number of carbonyl (C=O) groups excluding carboxylic acids is 2. The molecule has 1 aliphatic heterocycles. The number of anilines is 1. The van der Waals surface area contributed by atoms with Crippen molar-refractivity contribution >= 4 is 74.7 Å². The zero-order chi connectivity index (χ0) is 23.5. The van der Waals surface area contributed by atoms with Crippen LogP contribution in [0.3, 0.4) is 0 Å². The molecule has 0 radical (unpaired) electrons. The molecule has 33 heavy (non-hydrogen) atoms. The first-order valence-electron chi connectivity index (χ1n) is 9.70. The van der Waals surface area contributed by atoms with Crippen LogP contribution in [0.25, 0.3) is 6.08 Å². The first kappa shape index (κ1) is 23.2. The Bertz CT molecular complexity index is 1270. The Kier molecular flexibility index (Phi) is 6.98. The maximum absolute atomic E-state index is 12.8. The third-order valence-corrected chi connectivity index (χ3v) is 6.40. The molecule has 1 fully saturated rings. The number of aromatic carboxylic acids is 1. The fourth-order valence-electron chi connectivity index (χ4n) is 3.23. The molecule has 0 atom stereocenters. The molecule has 9 heteroatoms. The van der Waals surface area contributed by atoms with Crippen LogP contribution in [0, 0.1) is 7.14 Å². The Morgan fingerprint density at radius 3 is 2.36 bits per heavy atom. The first-order chi connectivity index (χ1) is 15.8. The molecule has 2 N–H and O–H groups in total. The average molecular weight is 666 g/mol. The number of hydrogen-bond acceptors (Lipinski definition) is 4. The lowest BCUT2D eigenvalue weighted by molar-refractivity contribution is -0.117. The van der Waals surface area contributed by atoms with Crippen LogP contribution in [0.2, 0.25) is 0 Å². The van der Waals surface area contributed by atoms with Crippen molar-refractivity contribution in [2.45, 2.75) is 6.61 Å². The summed E-state index contributed by atoms with van der Waals surface area (Å²) in [6.45, 7) is 0.209. The zero-order valence-electron chi connectivity index (χ0n) is 16.9. The van der Waals surface area contributed by atoms with E-state index >= 15 is 0 Å². The minimum absolute atomic E-state index is 0.0459. The van der Waals surface area contributed by atoms with E-state index in [1.807, 2.05) is 18.2 Å². The van der Waals surface area contributed by atoms with Gasteiger partial charge in [0.05, 0.1) is 18.4 Å². The number of para-hydroxylation sites is 1. The molecule has 4 rings (SSSR count). The van der Waals surface area contributed by atoms with Gasteiger partial charge in [-0.1, -0.05) is 30.3 Å². The SMILES string of the molecule is O=C1NN(c2ccccc2)C(=O)/C1=C\c1cc(I)c(OCc2cccc(C(=O)O)c2)c(I)c1. The molecule has 2 amide bonds. The lowest BCUT2D eigenvalue weighted by Gasteiger charge is -2.14. The highest BCUT2D eigenvalue weighted by Crippen LogP contribution is 2.31. The number of rotatable bonds is 6. The third-order valence-electron chi connectivity index (χ3n) is 4.79. The van der Waals surface area contributed by atoms with Crippen molar-refractivity contribution in [2.24, 2.45) is 0 Å². The predicted molar refractivity (Wildman–Crippen MR) is 140 cm³/mol. The van der Waals surface area contributed by atoms with Crippen LogP contribution < -0.4 is 15.2 Å². The van der Waals surface area contributed by atoms with Crippen LogP contribution >= 0.6 is 45.2 Å². The number of hydrazine groups is 1. The van der Waals surface area contributed by atoms with Gasteiger partial charge < -0.3 is 9.84 Å². The van der Waals surface area contributed by atoms with Gasteiger partial charge in [-0.3, -0.25) is 15.0 Å². The molecule has 0 unspecified atom stereocenters. The van der Waals surface area contributed by atoms with Gasteiger partial charge in [0.1, 0.15) is 17.9 Å². The Balaban J connectivity index is 1.54. The van der Waals surface area contributed by atoms with Crippen LogP contribution in [0.1, 0.15) is 21.5 Å². The highest BCUT2D eigenvalue weighted by atomic mass is 127. The van der Waals surface area contributed by atoms with Crippen LogP contribution in [-0.4, -0.2) is 22.9 Å². The standard InChI is InChI=1S/C24H16I2N2O5/c25-19-11-15(10-18-22(29)27-28(23(18)30)17-7-2-1-3-8-17)12-20(26)21(19)33-13-14-5-4-6-16(9-14)24(31)32/h1-12H,13H2,(H,27,29)(H,31,32)/b18-10-. The van der Waals surface area contributed by atoms with E-state index in [4.69, 9.17) is 9.84 Å². The fourth-order valence-corrected chi connectivity index (χ4v) is 5.36. The smallest absolute Gasteiger partial charge is 0.335 e. The van der Waals surface area contributed by atoms with E-state index in [0.717, 1.165) is 12.7 Å². The molecule has 1 aliphatic rings. The van der Waals surface area contributed by atoms with Crippen molar-refractivity contribution in [3.63, 3.8) is 0 Å². The molecule has 0 aromatic heterocycles. The summed E-state index contributed by atoms with van der Waals surface area (Å²) in [6.07, 6.45) is 1.56. The molecule has 1 saturated heterocycles. The maximum Gasteiger partial charge on any atom is 0.335 e. The largest absolute Gasteiger partial charge is 0.487 e. The molecule has 7 nitrogen and oxygen atoms in total. The summed E-state index contributed by atoms with van der Waals surface area (Å²) in [5.74, 6) is -1.23. The highest BCUT2D eigenvalue weighted by Gasteiger charge is 2.34. The van der Waals surface area contributed by atoms with Gasteiger partial charge in [0.25, 0.3) is 11.8 Å². The van der Waals surface area contributed by atoms with Crippen molar-refractivity contribution in [3.8, 4) is 5.75 Å². The van der Waals surface area contributed by atoms with Gasteiger partial charge in [-0.25, -0.2) is 9.80 Å². The third kappa shape index (κ3) is 5.19. The molecular weight excluding hydrogens is 650 g/mol. The topological polar surface area (TPSA) is 95.9 Å². The number of nitrogens with zero attached hydrogens (tertiary/aromatic N) is 1. The van der Waals surface area contributed by atoms with Gasteiger partial charge in [-0.15, -0.1) is 0 Å². The average Bonchev–Trinajstić information content (AvgIpc) is 3.07. The summed E-state index contributed by atoms with van der Waals surface area (Å²) in [7, 11) is 0. The van der Waals surface area contributed by atoms with Crippen molar-refractivity contribution in [1.82, 2.24) is 5.43 Å². The minimum atomic E-state index is -0.991. The molecular formula is C24H16I2N2O5. The van der Waals surface area contributed by atoms with Gasteiger partial charge in [-0.2, -0.15) is 0 Å². The number of benzene rings is 3. The number of carboxylic acid groups (broad SMARTS) is 1. The second kappa shape index (κ2) is 9.91. The molecule has 3 aromatic rings. The molecule has 1 heterocycles. The molecule has 0 spiro atoms. The number of halogens is 2. The van der Waals surface area contributed by atoms with Crippen molar-refractivity contribution in [1.29, 1.82) is 0 Å².